The van der Waals surface area contributed by atoms with E-state index in [1.807, 2.05) is 18.2 Å². The summed E-state index contributed by atoms with van der Waals surface area (Å²) in [4.78, 5) is 26.1. The molecule has 0 spiro atoms. The number of nitrogens with one attached hydrogen (secondary N) is 2. The maximum absolute atomic E-state index is 12.4. The lowest BCUT2D eigenvalue weighted by molar-refractivity contribution is -0.127. The number of carbonyl (C=O) groups is 2. The van der Waals surface area contributed by atoms with Gasteiger partial charge in [-0.2, -0.15) is 0 Å². The Bertz CT molecular complexity index is 761. The lowest BCUT2D eigenvalue weighted by Crippen LogP contribution is -2.31. The summed E-state index contributed by atoms with van der Waals surface area (Å²) < 4.78 is 0. The van der Waals surface area contributed by atoms with E-state index in [1.165, 1.54) is 0 Å². The second-order valence-electron chi connectivity index (χ2n) is 5.75. The first-order valence-electron chi connectivity index (χ1n) is 7.72. The third kappa shape index (κ3) is 3.51. The van der Waals surface area contributed by atoms with Crippen LogP contribution in [-0.4, -0.2) is 36.3 Å². The number of halogens is 1. The average Bonchev–Trinajstić information content (AvgIpc) is 2.89. The van der Waals surface area contributed by atoms with Gasteiger partial charge in [-0.1, -0.05) is 23.7 Å². The number of carbonyl (C=O) groups excluding carboxylic acids is 2. The number of rotatable bonds is 4. The molecule has 1 unspecified atom stereocenters. The number of amides is 2. The van der Waals surface area contributed by atoms with E-state index in [4.69, 9.17) is 11.6 Å². The molecule has 0 aromatic heterocycles. The minimum atomic E-state index is -0.261. The number of nitrogens with zero attached hydrogens (tertiary/aromatic N) is 1. The van der Waals surface area contributed by atoms with E-state index in [0.29, 0.717) is 16.3 Å². The van der Waals surface area contributed by atoms with Crippen molar-refractivity contribution in [2.45, 2.75) is 12.5 Å². The van der Waals surface area contributed by atoms with Gasteiger partial charge < -0.3 is 15.5 Å². The molecule has 6 heteroatoms. The third-order valence-corrected chi connectivity index (χ3v) is 4.29. The highest BCUT2D eigenvalue weighted by Gasteiger charge is 2.29. The molecule has 2 N–H and O–H groups in total. The van der Waals surface area contributed by atoms with Crippen molar-refractivity contribution >= 4 is 34.8 Å². The Balaban J connectivity index is 1.75. The molecule has 1 fully saturated rings. The van der Waals surface area contributed by atoms with Gasteiger partial charge in [-0.15, -0.1) is 0 Å². The van der Waals surface area contributed by atoms with Crippen LogP contribution in [0, 0.1) is 0 Å². The Morgan fingerprint density at radius 1 is 1.12 bits per heavy atom. The highest BCUT2D eigenvalue weighted by atomic mass is 35.5. The first-order chi connectivity index (χ1) is 11.5. The van der Waals surface area contributed by atoms with Crippen molar-refractivity contribution < 1.29 is 9.59 Å². The molecule has 1 atom stereocenters. The summed E-state index contributed by atoms with van der Waals surface area (Å²) in [5.74, 6) is -0.162. The van der Waals surface area contributed by atoms with Crippen LogP contribution in [0.4, 0.5) is 11.4 Å². The van der Waals surface area contributed by atoms with Crippen molar-refractivity contribution in [1.29, 1.82) is 0 Å². The predicted octanol–water partition coefficient (Wildman–Crippen LogP) is 3.23. The molecule has 3 rings (SSSR count). The lowest BCUT2D eigenvalue weighted by atomic mass is 10.2. The quantitative estimate of drug-likeness (QED) is 0.896. The highest BCUT2D eigenvalue weighted by Crippen LogP contribution is 2.25. The molecule has 1 aliphatic heterocycles. The lowest BCUT2D eigenvalue weighted by Gasteiger charge is -2.17. The predicted molar refractivity (Wildman–Crippen MR) is 95.5 cm³/mol. The van der Waals surface area contributed by atoms with Crippen molar-refractivity contribution in [2.75, 3.05) is 24.2 Å². The van der Waals surface area contributed by atoms with E-state index in [2.05, 4.69) is 10.6 Å². The fraction of sp³-hybridized carbons (Fsp3) is 0.222. The molecule has 2 aromatic carbocycles. The van der Waals surface area contributed by atoms with Crippen LogP contribution < -0.4 is 10.6 Å². The number of hydrogen-bond acceptors (Lipinski definition) is 3. The van der Waals surface area contributed by atoms with Crippen LogP contribution in [0.3, 0.4) is 0 Å². The number of para-hydroxylation sites is 2. The van der Waals surface area contributed by atoms with Gasteiger partial charge in [-0.3, -0.25) is 9.59 Å². The molecule has 2 aromatic rings. The number of likely N-dealkylation sites (N-methyl/N-ethyl adjacent to an activating group) is 1. The Hall–Kier alpha value is -2.53. The van der Waals surface area contributed by atoms with Crippen LogP contribution in [0.5, 0.6) is 0 Å². The first kappa shape index (κ1) is 16.3. The zero-order valence-corrected chi connectivity index (χ0v) is 14.0. The Morgan fingerprint density at radius 3 is 2.42 bits per heavy atom. The molecule has 2 amide bonds. The maximum Gasteiger partial charge on any atom is 0.255 e. The first-order valence-corrected chi connectivity index (χ1v) is 8.10. The highest BCUT2D eigenvalue weighted by molar-refractivity contribution is 6.30. The smallest absolute Gasteiger partial charge is 0.255 e. The number of benzene rings is 2. The van der Waals surface area contributed by atoms with Gasteiger partial charge in [-0.25, -0.2) is 0 Å². The maximum atomic E-state index is 12.4. The zero-order valence-electron chi connectivity index (χ0n) is 13.3. The number of likely N-dealkylation sites (tertiary alicyclic amines) is 1. The molecule has 0 saturated carbocycles. The largest absolute Gasteiger partial charge is 0.372 e. The summed E-state index contributed by atoms with van der Waals surface area (Å²) in [6.45, 7) is 0.732. The molecule has 1 saturated heterocycles. The minimum Gasteiger partial charge on any atom is -0.372 e. The average molecular weight is 344 g/mol. The summed E-state index contributed by atoms with van der Waals surface area (Å²) in [6, 6.07) is 13.8. The van der Waals surface area contributed by atoms with E-state index in [9.17, 15) is 9.59 Å². The van der Waals surface area contributed by atoms with E-state index in [-0.39, 0.29) is 17.9 Å². The molecule has 1 heterocycles. The van der Waals surface area contributed by atoms with Crippen molar-refractivity contribution in [2.24, 2.45) is 0 Å². The summed E-state index contributed by atoms with van der Waals surface area (Å²) in [5, 5.41) is 6.69. The number of hydrogen-bond donors (Lipinski definition) is 2. The molecule has 1 aliphatic rings. The van der Waals surface area contributed by atoms with E-state index >= 15 is 0 Å². The van der Waals surface area contributed by atoms with E-state index in [1.54, 1.807) is 42.3 Å². The van der Waals surface area contributed by atoms with E-state index < -0.39 is 0 Å². The molecule has 0 aliphatic carbocycles. The van der Waals surface area contributed by atoms with Crippen LogP contribution in [0.15, 0.2) is 48.5 Å². The van der Waals surface area contributed by atoms with E-state index in [0.717, 1.165) is 18.7 Å². The molecule has 5 nitrogen and oxygen atoms in total. The second kappa shape index (κ2) is 6.93. The molecular formula is C18H18ClN3O2. The van der Waals surface area contributed by atoms with Gasteiger partial charge in [0.2, 0.25) is 5.91 Å². The minimum absolute atomic E-state index is 0.0637. The van der Waals surface area contributed by atoms with Gasteiger partial charge in [0.05, 0.1) is 11.4 Å². The van der Waals surface area contributed by atoms with Gasteiger partial charge >= 0.3 is 0 Å². The van der Waals surface area contributed by atoms with Gasteiger partial charge in [0.25, 0.3) is 5.91 Å². The summed E-state index contributed by atoms with van der Waals surface area (Å²) >= 11 is 5.84. The zero-order chi connectivity index (χ0) is 17.1. The monoisotopic (exact) mass is 343 g/mol. The Labute approximate surface area is 145 Å². The third-order valence-electron chi connectivity index (χ3n) is 4.04. The van der Waals surface area contributed by atoms with Gasteiger partial charge in [0.1, 0.15) is 6.04 Å². The standard InChI is InChI=1S/C18H18ClN3O2/c1-22-11-10-16(18(22)24)20-14-4-2-3-5-15(14)21-17(23)12-6-8-13(19)9-7-12/h2-9,16,20H,10-11H2,1H3,(H,21,23). The van der Waals surface area contributed by atoms with Crippen molar-refractivity contribution in [3.8, 4) is 0 Å². The fourth-order valence-corrected chi connectivity index (χ4v) is 2.78. The van der Waals surface area contributed by atoms with Crippen LogP contribution in [-0.2, 0) is 4.79 Å². The van der Waals surface area contributed by atoms with Crippen LogP contribution in [0.25, 0.3) is 0 Å². The summed E-state index contributed by atoms with van der Waals surface area (Å²) in [5.41, 5.74) is 1.89. The van der Waals surface area contributed by atoms with Crippen molar-refractivity contribution in [1.82, 2.24) is 4.90 Å². The molecule has 124 valence electrons. The Kier molecular flexibility index (Phi) is 4.71. The Morgan fingerprint density at radius 2 is 1.79 bits per heavy atom. The topological polar surface area (TPSA) is 61.4 Å². The van der Waals surface area contributed by atoms with Crippen LogP contribution in [0.2, 0.25) is 5.02 Å². The summed E-state index contributed by atoms with van der Waals surface area (Å²) in [7, 11) is 1.79. The van der Waals surface area contributed by atoms with Gasteiger partial charge in [0.15, 0.2) is 0 Å². The molecule has 24 heavy (non-hydrogen) atoms. The van der Waals surface area contributed by atoms with Gasteiger partial charge in [-0.05, 0) is 42.8 Å². The van der Waals surface area contributed by atoms with Crippen molar-refractivity contribution in [3.63, 3.8) is 0 Å². The SMILES string of the molecule is CN1CCC(Nc2ccccc2NC(=O)c2ccc(Cl)cc2)C1=O. The number of anilines is 2. The van der Waals surface area contributed by atoms with Crippen molar-refractivity contribution in [3.05, 3.63) is 59.1 Å². The molecule has 0 bridgehead atoms. The normalized spacial score (nSPS) is 17.0. The fourth-order valence-electron chi connectivity index (χ4n) is 2.66. The van der Waals surface area contributed by atoms with Crippen LogP contribution >= 0.6 is 11.6 Å². The van der Waals surface area contributed by atoms with Gasteiger partial charge in [0, 0.05) is 24.2 Å². The second-order valence-corrected chi connectivity index (χ2v) is 6.19. The molecule has 0 radical (unpaired) electrons. The van der Waals surface area contributed by atoms with Crippen LogP contribution in [0.1, 0.15) is 16.8 Å². The summed E-state index contributed by atoms with van der Waals surface area (Å²) in [6.07, 6.45) is 0.745. The molecular weight excluding hydrogens is 326 g/mol.